The highest BCUT2D eigenvalue weighted by Crippen LogP contribution is 2.25. The Labute approximate surface area is 175 Å². The molecular formula is C20H25Cl2N5O. The number of carbonyl (C=O) groups is 1. The van der Waals surface area contributed by atoms with Crippen molar-refractivity contribution in [2.24, 2.45) is 0 Å². The summed E-state index contributed by atoms with van der Waals surface area (Å²) in [5.41, 5.74) is 1.91. The number of nitrogens with zero attached hydrogens (tertiary/aromatic N) is 3. The molecule has 1 aliphatic heterocycles. The molecule has 28 heavy (non-hydrogen) atoms. The van der Waals surface area contributed by atoms with Gasteiger partial charge in [-0.15, -0.1) is 0 Å². The van der Waals surface area contributed by atoms with E-state index in [9.17, 15) is 4.79 Å². The van der Waals surface area contributed by atoms with Gasteiger partial charge in [-0.2, -0.15) is 0 Å². The number of urea groups is 1. The number of anilines is 1. The van der Waals surface area contributed by atoms with Crippen LogP contribution in [-0.2, 0) is 6.54 Å². The molecule has 1 aromatic carbocycles. The van der Waals surface area contributed by atoms with Gasteiger partial charge in [-0.05, 0) is 49.4 Å². The molecule has 150 valence electrons. The van der Waals surface area contributed by atoms with Crippen molar-refractivity contribution in [2.45, 2.75) is 19.5 Å². The lowest BCUT2D eigenvalue weighted by molar-refractivity contribution is 0.237. The summed E-state index contributed by atoms with van der Waals surface area (Å²) in [6.45, 7) is 6.31. The number of amides is 2. The van der Waals surface area contributed by atoms with Gasteiger partial charge < -0.3 is 20.4 Å². The molecule has 0 spiro atoms. The van der Waals surface area contributed by atoms with Crippen molar-refractivity contribution in [1.82, 2.24) is 20.5 Å². The fraction of sp³-hybridized carbons (Fsp3) is 0.400. The number of carbonyl (C=O) groups excluding carboxylic acids is 1. The predicted octanol–water partition coefficient (Wildman–Crippen LogP) is 3.70. The second-order valence-corrected chi connectivity index (χ2v) is 7.85. The summed E-state index contributed by atoms with van der Waals surface area (Å²) in [7, 11) is 2.13. The molecule has 1 fully saturated rings. The van der Waals surface area contributed by atoms with E-state index in [1.807, 2.05) is 25.1 Å². The normalized spacial score (nSPS) is 15.9. The quantitative estimate of drug-likeness (QED) is 0.772. The average Bonchev–Trinajstić information content (AvgIpc) is 2.69. The smallest absolute Gasteiger partial charge is 0.315 e. The number of halogens is 2. The number of benzene rings is 1. The van der Waals surface area contributed by atoms with Crippen LogP contribution in [0, 0.1) is 0 Å². The molecule has 0 radical (unpaired) electrons. The second-order valence-electron chi connectivity index (χ2n) is 7.03. The van der Waals surface area contributed by atoms with Crippen molar-refractivity contribution in [3.05, 3.63) is 57.7 Å². The summed E-state index contributed by atoms with van der Waals surface area (Å²) in [6.07, 6.45) is 1.79. The fourth-order valence-corrected chi connectivity index (χ4v) is 3.38. The van der Waals surface area contributed by atoms with Crippen LogP contribution in [0.5, 0.6) is 0 Å². The van der Waals surface area contributed by atoms with Gasteiger partial charge in [0.05, 0.1) is 16.1 Å². The van der Waals surface area contributed by atoms with E-state index in [1.54, 1.807) is 18.3 Å². The molecule has 2 N–H and O–H groups in total. The number of nitrogens with one attached hydrogen (secondary N) is 2. The van der Waals surface area contributed by atoms with Gasteiger partial charge in [0.15, 0.2) is 0 Å². The van der Waals surface area contributed by atoms with Crippen LogP contribution in [0.2, 0.25) is 10.0 Å². The number of likely N-dealkylation sites (N-methyl/N-ethyl adjacent to an activating group) is 1. The number of pyridine rings is 1. The van der Waals surface area contributed by atoms with Crippen LogP contribution < -0.4 is 15.5 Å². The maximum atomic E-state index is 12.3. The number of piperazine rings is 1. The van der Waals surface area contributed by atoms with Crippen LogP contribution in [0.3, 0.4) is 0 Å². The van der Waals surface area contributed by atoms with Crippen molar-refractivity contribution in [1.29, 1.82) is 0 Å². The molecule has 8 heteroatoms. The largest absolute Gasteiger partial charge is 0.354 e. The maximum Gasteiger partial charge on any atom is 0.315 e. The first kappa shape index (κ1) is 20.7. The third-order valence-corrected chi connectivity index (χ3v) is 5.62. The van der Waals surface area contributed by atoms with Crippen molar-refractivity contribution in [3.8, 4) is 0 Å². The van der Waals surface area contributed by atoms with E-state index in [-0.39, 0.29) is 12.1 Å². The van der Waals surface area contributed by atoms with Gasteiger partial charge in [0.25, 0.3) is 0 Å². The number of rotatable bonds is 5. The molecule has 0 bridgehead atoms. The van der Waals surface area contributed by atoms with Gasteiger partial charge in [-0.3, -0.25) is 0 Å². The molecule has 2 aromatic rings. The molecule has 1 aromatic heterocycles. The fourth-order valence-electron chi connectivity index (χ4n) is 3.07. The van der Waals surface area contributed by atoms with Gasteiger partial charge in [-0.1, -0.05) is 29.3 Å². The Bertz CT molecular complexity index is 824. The number of aromatic nitrogens is 1. The molecule has 2 heterocycles. The van der Waals surface area contributed by atoms with Crippen LogP contribution in [0.1, 0.15) is 24.1 Å². The Kier molecular flexibility index (Phi) is 6.99. The molecule has 1 unspecified atom stereocenters. The minimum atomic E-state index is -0.239. The number of hydrogen-bond donors (Lipinski definition) is 2. The van der Waals surface area contributed by atoms with Crippen molar-refractivity contribution in [3.63, 3.8) is 0 Å². The van der Waals surface area contributed by atoms with Gasteiger partial charge in [-0.25, -0.2) is 9.78 Å². The van der Waals surface area contributed by atoms with E-state index >= 15 is 0 Å². The molecule has 6 nitrogen and oxygen atoms in total. The third kappa shape index (κ3) is 5.50. The van der Waals surface area contributed by atoms with E-state index in [2.05, 4.69) is 32.5 Å². The molecule has 1 saturated heterocycles. The summed E-state index contributed by atoms with van der Waals surface area (Å²) >= 11 is 12.0. The highest BCUT2D eigenvalue weighted by molar-refractivity contribution is 6.42. The zero-order chi connectivity index (χ0) is 20.1. The van der Waals surface area contributed by atoms with E-state index < -0.39 is 0 Å². The van der Waals surface area contributed by atoms with Crippen molar-refractivity contribution < 1.29 is 4.79 Å². The lowest BCUT2D eigenvalue weighted by Crippen LogP contribution is -2.44. The molecule has 1 atom stereocenters. The first-order valence-corrected chi connectivity index (χ1v) is 10.1. The summed E-state index contributed by atoms with van der Waals surface area (Å²) < 4.78 is 0. The molecular weight excluding hydrogens is 397 g/mol. The van der Waals surface area contributed by atoms with Crippen LogP contribution in [0.15, 0.2) is 36.5 Å². The lowest BCUT2D eigenvalue weighted by Gasteiger charge is -2.33. The zero-order valence-corrected chi connectivity index (χ0v) is 17.6. The minimum absolute atomic E-state index is 0.187. The summed E-state index contributed by atoms with van der Waals surface area (Å²) in [4.78, 5) is 21.3. The summed E-state index contributed by atoms with van der Waals surface area (Å²) in [6, 6.07) is 8.87. The van der Waals surface area contributed by atoms with Gasteiger partial charge in [0.1, 0.15) is 5.82 Å². The number of hydrogen-bond acceptors (Lipinski definition) is 4. The first-order chi connectivity index (χ1) is 13.4. The SMILES string of the molecule is CC(NC(=O)NCc1ccnc(N2CCN(C)CC2)c1)c1ccc(Cl)c(Cl)c1. The third-order valence-electron chi connectivity index (χ3n) is 4.88. The zero-order valence-electron chi connectivity index (χ0n) is 16.1. The highest BCUT2D eigenvalue weighted by atomic mass is 35.5. The van der Waals surface area contributed by atoms with Crippen molar-refractivity contribution in [2.75, 3.05) is 38.1 Å². The van der Waals surface area contributed by atoms with Crippen LogP contribution in [0.4, 0.5) is 10.6 Å². The van der Waals surface area contributed by atoms with Gasteiger partial charge in [0, 0.05) is 38.9 Å². The molecule has 1 aliphatic rings. The molecule has 0 aliphatic carbocycles. The predicted molar refractivity (Wildman–Crippen MR) is 114 cm³/mol. The van der Waals surface area contributed by atoms with E-state index in [1.165, 1.54) is 0 Å². The van der Waals surface area contributed by atoms with Gasteiger partial charge in [0.2, 0.25) is 0 Å². The highest BCUT2D eigenvalue weighted by Gasteiger charge is 2.16. The Morgan fingerprint density at radius 3 is 2.61 bits per heavy atom. The Morgan fingerprint density at radius 1 is 1.14 bits per heavy atom. The van der Waals surface area contributed by atoms with Crippen LogP contribution >= 0.6 is 23.2 Å². The maximum absolute atomic E-state index is 12.3. The summed E-state index contributed by atoms with van der Waals surface area (Å²) in [5.74, 6) is 0.956. The monoisotopic (exact) mass is 421 g/mol. The topological polar surface area (TPSA) is 60.5 Å². The van der Waals surface area contributed by atoms with E-state index in [4.69, 9.17) is 23.2 Å². The Morgan fingerprint density at radius 2 is 1.89 bits per heavy atom. The lowest BCUT2D eigenvalue weighted by atomic mass is 10.1. The van der Waals surface area contributed by atoms with E-state index in [0.29, 0.717) is 16.6 Å². The van der Waals surface area contributed by atoms with Crippen LogP contribution in [0.25, 0.3) is 0 Å². The Hall–Kier alpha value is -2.02. The summed E-state index contributed by atoms with van der Waals surface area (Å²) in [5, 5.41) is 6.78. The standard InChI is InChI=1S/C20H25Cl2N5O/c1-14(16-3-4-17(21)18(22)12-16)25-20(28)24-13-15-5-6-23-19(11-15)27-9-7-26(2)8-10-27/h3-6,11-12,14H,7-10,13H2,1-2H3,(H2,24,25,28). The first-order valence-electron chi connectivity index (χ1n) is 9.30. The van der Waals surface area contributed by atoms with Crippen LogP contribution in [-0.4, -0.2) is 49.1 Å². The average molecular weight is 422 g/mol. The molecule has 0 saturated carbocycles. The van der Waals surface area contributed by atoms with Gasteiger partial charge >= 0.3 is 6.03 Å². The molecule has 2 amide bonds. The Balaban J connectivity index is 1.53. The molecule has 3 rings (SSSR count). The van der Waals surface area contributed by atoms with Crippen molar-refractivity contribution >= 4 is 35.1 Å². The minimum Gasteiger partial charge on any atom is -0.354 e. The van der Waals surface area contributed by atoms with E-state index in [0.717, 1.165) is 43.1 Å². The second kappa shape index (κ2) is 9.45.